The van der Waals surface area contributed by atoms with Crippen LogP contribution in [0.4, 0.5) is 18.0 Å². The third-order valence-corrected chi connectivity index (χ3v) is 4.93. The summed E-state index contributed by atoms with van der Waals surface area (Å²) >= 11 is 0. The standard InChI is InChI=1S/C19H19F3N4O5/c1-30-13(27)7-12(18(28)31-2)25-19(29)26-6-5-11-16(24-8-23-11)17(26)9-3-4-10(20)15(22)14(9)21/h3-4,8,12,17H,5-7H2,1-2H3,(H,23,24)(H,25,29)/t12-,17-/m1/s1. The monoisotopic (exact) mass is 440 g/mol. The van der Waals surface area contributed by atoms with Crippen molar-refractivity contribution in [1.82, 2.24) is 20.2 Å². The number of esters is 2. The normalized spacial score (nSPS) is 16.3. The summed E-state index contributed by atoms with van der Waals surface area (Å²) in [6.45, 7) is 0.0379. The van der Waals surface area contributed by atoms with Gasteiger partial charge in [0.2, 0.25) is 0 Å². The van der Waals surface area contributed by atoms with Crippen molar-refractivity contribution < 1.29 is 37.0 Å². The number of nitrogens with one attached hydrogen (secondary N) is 2. The molecule has 166 valence electrons. The van der Waals surface area contributed by atoms with Gasteiger partial charge in [0, 0.05) is 24.2 Å². The van der Waals surface area contributed by atoms with Crippen molar-refractivity contribution in [2.24, 2.45) is 0 Å². The molecule has 31 heavy (non-hydrogen) atoms. The number of ether oxygens (including phenoxy) is 2. The minimum Gasteiger partial charge on any atom is -0.469 e. The van der Waals surface area contributed by atoms with Crippen molar-refractivity contribution >= 4 is 18.0 Å². The predicted octanol–water partition coefficient (Wildman–Crippen LogP) is 1.59. The maximum atomic E-state index is 14.6. The molecule has 0 saturated heterocycles. The number of H-pyrrole nitrogens is 1. The summed E-state index contributed by atoms with van der Waals surface area (Å²) in [5.74, 6) is -6.19. The molecule has 2 N–H and O–H groups in total. The first-order valence-electron chi connectivity index (χ1n) is 9.15. The van der Waals surface area contributed by atoms with E-state index >= 15 is 0 Å². The molecule has 2 heterocycles. The van der Waals surface area contributed by atoms with Gasteiger partial charge in [-0.2, -0.15) is 0 Å². The van der Waals surface area contributed by atoms with Crippen molar-refractivity contribution in [2.45, 2.75) is 24.9 Å². The number of imidazole rings is 1. The lowest BCUT2D eigenvalue weighted by Gasteiger charge is -2.36. The summed E-state index contributed by atoms with van der Waals surface area (Å²) in [6, 6.07) is -1.67. The number of benzene rings is 1. The van der Waals surface area contributed by atoms with Crippen molar-refractivity contribution in [1.29, 1.82) is 0 Å². The number of halogens is 3. The Bertz CT molecular complexity index is 1010. The molecule has 12 heteroatoms. The van der Waals surface area contributed by atoms with Gasteiger partial charge in [0.1, 0.15) is 12.1 Å². The minimum atomic E-state index is -1.68. The van der Waals surface area contributed by atoms with Crippen LogP contribution in [-0.4, -0.2) is 59.6 Å². The lowest BCUT2D eigenvalue weighted by molar-refractivity contribution is -0.149. The number of carbonyl (C=O) groups excluding carboxylic acids is 3. The summed E-state index contributed by atoms with van der Waals surface area (Å²) in [6.07, 6.45) is 1.15. The van der Waals surface area contributed by atoms with Crippen LogP contribution in [0.25, 0.3) is 0 Å². The molecular formula is C19H19F3N4O5. The number of hydrogen-bond acceptors (Lipinski definition) is 6. The molecule has 0 fully saturated rings. The van der Waals surface area contributed by atoms with Crippen LogP contribution in [0, 0.1) is 17.5 Å². The Morgan fingerprint density at radius 1 is 1.23 bits per heavy atom. The second kappa shape index (κ2) is 9.06. The summed E-state index contributed by atoms with van der Waals surface area (Å²) in [7, 11) is 2.19. The van der Waals surface area contributed by atoms with E-state index in [1.807, 2.05) is 0 Å². The zero-order chi connectivity index (χ0) is 22.7. The molecule has 9 nitrogen and oxygen atoms in total. The lowest BCUT2D eigenvalue weighted by Crippen LogP contribution is -2.52. The van der Waals surface area contributed by atoms with Crippen molar-refractivity contribution in [3.8, 4) is 0 Å². The fraction of sp³-hybridized carbons (Fsp3) is 0.368. The molecule has 0 spiro atoms. The van der Waals surface area contributed by atoms with Gasteiger partial charge in [0.15, 0.2) is 17.5 Å². The van der Waals surface area contributed by atoms with Gasteiger partial charge in [-0.1, -0.05) is 6.07 Å². The molecule has 0 saturated carbocycles. The highest BCUT2D eigenvalue weighted by atomic mass is 19.2. The van der Waals surface area contributed by atoms with Crippen molar-refractivity contribution in [2.75, 3.05) is 20.8 Å². The molecule has 0 unspecified atom stereocenters. The van der Waals surface area contributed by atoms with E-state index < -0.39 is 53.9 Å². The third-order valence-electron chi connectivity index (χ3n) is 4.93. The number of rotatable bonds is 5. The van der Waals surface area contributed by atoms with Crippen LogP contribution in [0.3, 0.4) is 0 Å². The lowest BCUT2D eigenvalue weighted by atomic mass is 9.95. The zero-order valence-electron chi connectivity index (χ0n) is 16.6. The Hall–Kier alpha value is -3.57. The van der Waals surface area contributed by atoms with Gasteiger partial charge in [-0.15, -0.1) is 0 Å². The second-order valence-electron chi connectivity index (χ2n) is 6.68. The average Bonchev–Trinajstić information content (AvgIpc) is 3.25. The maximum Gasteiger partial charge on any atom is 0.329 e. The number of carbonyl (C=O) groups is 3. The Labute approximate surface area is 174 Å². The number of aromatic amines is 1. The highest BCUT2D eigenvalue weighted by Crippen LogP contribution is 2.35. The minimum absolute atomic E-state index is 0.0379. The van der Waals surface area contributed by atoms with Gasteiger partial charge < -0.3 is 24.7 Å². The maximum absolute atomic E-state index is 14.6. The number of amides is 2. The molecule has 0 radical (unpaired) electrons. The predicted molar refractivity (Wildman–Crippen MR) is 98.1 cm³/mol. The van der Waals surface area contributed by atoms with E-state index in [9.17, 15) is 27.6 Å². The molecule has 0 aliphatic carbocycles. The van der Waals surface area contributed by atoms with Crippen LogP contribution in [0.1, 0.15) is 29.4 Å². The van der Waals surface area contributed by atoms with Gasteiger partial charge in [-0.25, -0.2) is 27.7 Å². The van der Waals surface area contributed by atoms with E-state index in [0.717, 1.165) is 31.3 Å². The topological polar surface area (TPSA) is 114 Å². The average molecular weight is 440 g/mol. The third kappa shape index (κ3) is 4.32. The van der Waals surface area contributed by atoms with E-state index in [1.54, 1.807) is 0 Å². The summed E-state index contributed by atoms with van der Waals surface area (Å²) in [4.78, 5) is 44.7. The van der Waals surface area contributed by atoms with E-state index in [2.05, 4.69) is 24.8 Å². The number of nitrogens with zero attached hydrogens (tertiary/aromatic N) is 2. The van der Waals surface area contributed by atoms with Crippen molar-refractivity contribution in [3.05, 3.63) is 52.9 Å². The molecule has 1 aliphatic rings. The molecule has 2 amide bonds. The van der Waals surface area contributed by atoms with Crippen LogP contribution in [0.5, 0.6) is 0 Å². The van der Waals surface area contributed by atoms with Gasteiger partial charge in [0.25, 0.3) is 0 Å². The van der Waals surface area contributed by atoms with E-state index in [4.69, 9.17) is 0 Å². The molecule has 2 atom stereocenters. The smallest absolute Gasteiger partial charge is 0.329 e. The number of methoxy groups -OCH3 is 2. The van der Waals surface area contributed by atoms with E-state index in [0.29, 0.717) is 12.1 Å². The summed E-state index contributed by atoms with van der Waals surface area (Å²) < 4.78 is 51.1. The Balaban J connectivity index is 1.96. The summed E-state index contributed by atoms with van der Waals surface area (Å²) in [5, 5.41) is 2.35. The SMILES string of the molecule is COC(=O)C[C@@H](NC(=O)N1CCc2[nH]cnc2[C@H]1c1ccc(F)c(F)c1F)C(=O)OC. The quantitative estimate of drug-likeness (QED) is 0.539. The highest BCUT2D eigenvalue weighted by Gasteiger charge is 2.38. The molecule has 1 aromatic heterocycles. The van der Waals surface area contributed by atoms with Gasteiger partial charge in [0.05, 0.1) is 32.7 Å². The number of hydrogen-bond donors (Lipinski definition) is 2. The molecule has 1 aliphatic heterocycles. The Morgan fingerprint density at radius 3 is 2.65 bits per heavy atom. The second-order valence-corrected chi connectivity index (χ2v) is 6.68. The van der Waals surface area contributed by atoms with Crippen LogP contribution in [-0.2, 0) is 25.5 Å². The van der Waals surface area contributed by atoms with E-state index in [-0.39, 0.29) is 17.8 Å². The largest absolute Gasteiger partial charge is 0.469 e. The zero-order valence-corrected chi connectivity index (χ0v) is 16.6. The van der Waals surface area contributed by atoms with Gasteiger partial charge in [-0.3, -0.25) is 4.79 Å². The fourth-order valence-electron chi connectivity index (χ4n) is 3.38. The first-order chi connectivity index (χ1) is 14.8. The Kier molecular flexibility index (Phi) is 6.47. The van der Waals surface area contributed by atoms with E-state index in [1.165, 1.54) is 6.33 Å². The molecule has 0 bridgehead atoms. The number of aromatic nitrogens is 2. The molecular weight excluding hydrogens is 421 g/mol. The first kappa shape index (κ1) is 22.1. The Morgan fingerprint density at radius 2 is 1.97 bits per heavy atom. The van der Waals surface area contributed by atoms with Crippen LogP contribution in [0.2, 0.25) is 0 Å². The fourth-order valence-corrected chi connectivity index (χ4v) is 3.38. The first-order valence-corrected chi connectivity index (χ1v) is 9.15. The number of urea groups is 1. The number of fused-ring (bicyclic) bond motifs is 1. The van der Waals surface area contributed by atoms with Gasteiger partial charge >= 0.3 is 18.0 Å². The highest BCUT2D eigenvalue weighted by molar-refractivity contribution is 5.87. The molecule has 3 rings (SSSR count). The molecule has 2 aromatic rings. The van der Waals surface area contributed by atoms with Crippen LogP contribution < -0.4 is 5.32 Å². The molecule has 1 aromatic carbocycles. The van der Waals surface area contributed by atoms with Gasteiger partial charge in [-0.05, 0) is 6.07 Å². The summed E-state index contributed by atoms with van der Waals surface area (Å²) in [5.41, 5.74) is 0.524. The van der Waals surface area contributed by atoms with Crippen molar-refractivity contribution in [3.63, 3.8) is 0 Å². The van der Waals surface area contributed by atoms with Crippen LogP contribution >= 0.6 is 0 Å². The van der Waals surface area contributed by atoms with Crippen LogP contribution in [0.15, 0.2) is 18.5 Å².